The number of aromatic nitrogens is 2. The molecule has 3 rings (SSSR count). The van der Waals surface area contributed by atoms with Gasteiger partial charge >= 0.3 is 6.18 Å². The molecular weight excluding hydrogens is 497 g/mol. The molecule has 9 nitrogen and oxygen atoms in total. The van der Waals surface area contributed by atoms with Gasteiger partial charge in [0.2, 0.25) is 0 Å². The van der Waals surface area contributed by atoms with Crippen molar-refractivity contribution in [3.05, 3.63) is 77.2 Å². The lowest BCUT2D eigenvalue weighted by atomic mass is 10.1. The first-order chi connectivity index (χ1) is 17.8. The van der Waals surface area contributed by atoms with Crippen LogP contribution in [0.15, 0.2) is 55.0 Å². The van der Waals surface area contributed by atoms with Crippen molar-refractivity contribution in [2.24, 2.45) is 18.6 Å². The average Bonchev–Trinajstić information content (AvgIpc) is 3.28. The van der Waals surface area contributed by atoms with E-state index in [9.17, 15) is 18.0 Å². The van der Waals surface area contributed by atoms with Gasteiger partial charge in [-0.25, -0.2) is 5.84 Å². The molecule has 1 amide bonds. The molecule has 12 heteroatoms. The molecule has 1 aromatic heterocycles. The second kappa shape index (κ2) is 11.6. The van der Waals surface area contributed by atoms with Crippen molar-refractivity contribution >= 4 is 28.7 Å². The Bertz CT molecular complexity index is 1320. The number of nitrogens with two attached hydrogens (primary N) is 2. The molecule has 0 fully saturated rings. The summed E-state index contributed by atoms with van der Waals surface area (Å²) in [5.74, 6) is 5.63. The van der Waals surface area contributed by atoms with Gasteiger partial charge in [-0.15, -0.1) is 0 Å². The Morgan fingerprint density at radius 3 is 2.39 bits per heavy atom. The van der Waals surface area contributed by atoms with Crippen molar-refractivity contribution in [1.82, 2.24) is 14.7 Å². The van der Waals surface area contributed by atoms with Crippen LogP contribution in [0.1, 0.15) is 27.0 Å². The van der Waals surface area contributed by atoms with E-state index in [1.165, 1.54) is 23.3 Å². The molecule has 1 heterocycles. The molecule has 0 saturated carbocycles. The van der Waals surface area contributed by atoms with Crippen molar-refractivity contribution in [3.63, 3.8) is 0 Å². The number of carbonyl (C=O) groups is 1. The van der Waals surface area contributed by atoms with Crippen LogP contribution in [0.4, 0.5) is 30.2 Å². The number of rotatable bonds is 9. The van der Waals surface area contributed by atoms with E-state index in [2.05, 4.69) is 10.4 Å². The highest BCUT2D eigenvalue weighted by Crippen LogP contribution is 2.38. The Morgan fingerprint density at radius 2 is 1.79 bits per heavy atom. The third-order valence-corrected chi connectivity index (χ3v) is 5.92. The Balaban J connectivity index is 1.84. The van der Waals surface area contributed by atoms with Gasteiger partial charge in [-0.1, -0.05) is 6.07 Å². The van der Waals surface area contributed by atoms with Crippen molar-refractivity contribution in [1.29, 1.82) is 0 Å². The molecular formula is C26H33F3N8O. The van der Waals surface area contributed by atoms with Crippen LogP contribution in [-0.2, 0) is 13.2 Å². The van der Waals surface area contributed by atoms with Gasteiger partial charge in [0.25, 0.3) is 5.91 Å². The molecule has 0 aliphatic rings. The number of benzene rings is 2. The Hall–Kier alpha value is -4.03. The highest BCUT2D eigenvalue weighted by Gasteiger charge is 2.35. The molecule has 0 saturated heterocycles. The fourth-order valence-corrected chi connectivity index (χ4v) is 3.74. The molecule has 0 bridgehead atoms. The fraction of sp³-hybridized carbons (Fsp3) is 0.308. The van der Waals surface area contributed by atoms with Crippen LogP contribution in [0.5, 0.6) is 0 Å². The zero-order chi connectivity index (χ0) is 28.2. The summed E-state index contributed by atoms with van der Waals surface area (Å²) in [5, 5.41) is 7.93. The maximum absolute atomic E-state index is 13.9. The lowest BCUT2D eigenvalue weighted by Gasteiger charge is -2.25. The Kier molecular flexibility index (Phi) is 8.69. The standard InChI is InChI=1S/C26H33F3N8O/c1-17-6-7-18(12-24(17)37(31)16-22(30)19-14-32-36(5)15-19)25(38)33-20-8-9-23(21(13-20)26(27,28)29)35(4)11-10-34(2)3/h6-9,12-16H,10-11,30-31H2,1-5H3,(H,33,38)/b22-16-. The number of hydrogen-bond acceptors (Lipinski definition) is 7. The minimum absolute atomic E-state index is 0.0273. The number of aryl methyl sites for hydroxylation is 2. The van der Waals surface area contributed by atoms with Gasteiger partial charge < -0.3 is 20.9 Å². The second-order valence-corrected chi connectivity index (χ2v) is 9.30. The molecule has 38 heavy (non-hydrogen) atoms. The maximum atomic E-state index is 13.9. The Morgan fingerprint density at radius 1 is 1.08 bits per heavy atom. The van der Waals surface area contributed by atoms with Gasteiger partial charge in [0.05, 0.1) is 23.1 Å². The summed E-state index contributed by atoms with van der Waals surface area (Å²) in [7, 11) is 7.07. The minimum Gasteiger partial charge on any atom is -0.397 e. The number of carbonyl (C=O) groups excluding carboxylic acids is 1. The lowest BCUT2D eigenvalue weighted by Crippen LogP contribution is -2.30. The zero-order valence-corrected chi connectivity index (χ0v) is 22.0. The highest BCUT2D eigenvalue weighted by molar-refractivity contribution is 6.05. The van der Waals surface area contributed by atoms with Crippen LogP contribution in [0.25, 0.3) is 5.70 Å². The van der Waals surface area contributed by atoms with Crippen molar-refractivity contribution in [2.75, 3.05) is 49.5 Å². The van der Waals surface area contributed by atoms with E-state index in [4.69, 9.17) is 11.6 Å². The summed E-state index contributed by atoms with van der Waals surface area (Å²) in [6.07, 6.45) is 0.232. The molecule has 3 aromatic rings. The smallest absolute Gasteiger partial charge is 0.397 e. The molecule has 204 valence electrons. The van der Waals surface area contributed by atoms with E-state index >= 15 is 0 Å². The largest absolute Gasteiger partial charge is 0.418 e. The van der Waals surface area contributed by atoms with Gasteiger partial charge in [0.1, 0.15) is 0 Å². The number of halogens is 3. The van der Waals surface area contributed by atoms with Crippen LogP contribution >= 0.6 is 0 Å². The fourth-order valence-electron chi connectivity index (χ4n) is 3.74. The van der Waals surface area contributed by atoms with Crippen molar-refractivity contribution in [3.8, 4) is 0 Å². The SMILES string of the molecule is Cc1ccc(C(=O)Nc2ccc(N(C)CCN(C)C)c(C(F)(F)F)c2)cc1N(N)/C=C(\N)c1cnn(C)c1. The lowest BCUT2D eigenvalue weighted by molar-refractivity contribution is -0.137. The monoisotopic (exact) mass is 530 g/mol. The van der Waals surface area contributed by atoms with E-state index < -0.39 is 17.6 Å². The van der Waals surface area contributed by atoms with Crippen LogP contribution in [-0.4, -0.2) is 54.8 Å². The third-order valence-electron chi connectivity index (χ3n) is 5.92. The molecule has 0 radical (unpaired) electrons. The summed E-state index contributed by atoms with van der Waals surface area (Å²) < 4.78 is 43.2. The Labute approximate surface area is 220 Å². The first-order valence-corrected chi connectivity index (χ1v) is 11.8. The summed E-state index contributed by atoms with van der Waals surface area (Å²) in [4.78, 5) is 16.4. The second-order valence-electron chi connectivity index (χ2n) is 9.30. The average molecular weight is 531 g/mol. The number of nitrogens with one attached hydrogen (secondary N) is 1. The molecule has 5 N–H and O–H groups in total. The van der Waals surface area contributed by atoms with Gasteiger partial charge in [0, 0.05) is 62.1 Å². The summed E-state index contributed by atoms with van der Waals surface area (Å²) in [5.41, 5.74) is 7.88. The maximum Gasteiger partial charge on any atom is 0.418 e. The topological polar surface area (TPSA) is 109 Å². The number of hydrazine groups is 1. The van der Waals surface area contributed by atoms with E-state index in [1.807, 2.05) is 25.9 Å². The molecule has 0 unspecified atom stereocenters. The molecule has 2 aromatic carbocycles. The van der Waals surface area contributed by atoms with E-state index in [0.717, 1.165) is 11.6 Å². The van der Waals surface area contributed by atoms with Crippen molar-refractivity contribution < 1.29 is 18.0 Å². The van der Waals surface area contributed by atoms with Gasteiger partial charge in [-0.2, -0.15) is 18.3 Å². The predicted molar refractivity (Wildman–Crippen MR) is 144 cm³/mol. The van der Waals surface area contributed by atoms with Gasteiger partial charge in [-0.3, -0.25) is 14.5 Å². The van der Waals surface area contributed by atoms with E-state index in [1.54, 1.807) is 54.3 Å². The number of amides is 1. The van der Waals surface area contributed by atoms with Crippen LogP contribution in [0, 0.1) is 6.92 Å². The summed E-state index contributed by atoms with van der Waals surface area (Å²) in [6, 6.07) is 8.58. The molecule has 0 spiro atoms. The minimum atomic E-state index is -4.60. The molecule has 0 aliphatic carbocycles. The van der Waals surface area contributed by atoms with Crippen LogP contribution < -0.4 is 26.8 Å². The third kappa shape index (κ3) is 7.05. The predicted octanol–water partition coefficient (Wildman–Crippen LogP) is 3.63. The van der Waals surface area contributed by atoms with Gasteiger partial charge in [0.15, 0.2) is 0 Å². The first kappa shape index (κ1) is 28.5. The number of likely N-dealkylation sites (N-methyl/N-ethyl adjacent to an activating group) is 2. The van der Waals surface area contributed by atoms with Crippen LogP contribution in [0.3, 0.4) is 0 Å². The first-order valence-electron chi connectivity index (χ1n) is 11.8. The summed E-state index contributed by atoms with van der Waals surface area (Å²) in [6.45, 7) is 2.80. The number of alkyl halides is 3. The highest BCUT2D eigenvalue weighted by atomic mass is 19.4. The van der Waals surface area contributed by atoms with E-state index in [0.29, 0.717) is 30.0 Å². The number of hydrogen-bond donors (Lipinski definition) is 3. The molecule has 0 atom stereocenters. The normalized spacial score (nSPS) is 12.1. The quantitative estimate of drug-likeness (QED) is 0.286. The molecule has 0 aliphatic heterocycles. The number of anilines is 3. The zero-order valence-electron chi connectivity index (χ0n) is 22.0. The summed E-state index contributed by atoms with van der Waals surface area (Å²) >= 11 is 0. The number of nitrogens with zero attached hydrogens (tertiary/aromatic N) is 5. The van der Waals surface area contributed by atoms with Crippen molar-refractivity contribution in [2.45, 2.75) is 13.1 Å². The van der Waals surface area contributed by atoms with Crippen LogP contribution in [0.2, 0.25) is 0 Å². The van der Waals surface area contributed by atoms with E-state index in [-0.39, 0.29) is 16.9 Å². The van der Waals surface area contributed by atoms with Gasteiger partial charge in [-0.05, 0) is 56.9 Å².